The fourth-order valence-electron chi connectivity index (χ4n) is 5.23. The molecule has 0 aromatic heterocycles. The molecule has 15 heteroatoms. The lowest BCUT2D eigenvalue weighted by molar-refractivity contribution is 0.00578. The van der Waals surface area contributed by atoms with Crippen molar-refractivity contribution in [3.63, 3.8) is 0 Å². The summed E-state index contributed by atoms with van der Waals surface area (Å²) >= 11 is 0. The monoisotopic (exact) mass is 700 g/mol. The summed E-state index contributed by atoms with van der Waals surface area (Å²) in [6.07, 6.45) is 3.37. The first-order valence-electron chi connectivity index (χ1n) is 15.8. The smallest absolute Gasteiger partial charge is 0.490 e. The zero-order valence-corrected chi connectivity index (χ0v) is 30.6. The molecule has 1 saturated heterocycles. The average Bonchev–Trinajstić information content (AvgIpc) is 3.38. The number of benzene rings is 2. The fourth-order valence-corrected chi connectivity index (χ4v) is 5.69. The molecule has 3 aliphatic rings. The number of rotatable bonds is 7. The minimum atomic E-state index is -3.85. The number of carbonyl (C=O) groups excluding carboxylic acids is 3. The number of methoxy groups -OCH3 is 2. The van der Waals surface area contributed by atoms with Gasteiger partial charge in [-0.1, -0.05) is 18.2 Å². The normalized spacial score (nSPS) is 18.3. The van der Waals surface area contributed by atoms with Crippen LogP contribution in [0.2, 0.25) is 0 Å². The van der Waals surface area contributed by atoms with Gasteiger partial charge in [0.15, 0.2) is 17.2 Å². The second-order valence-electron chi connectivity index (χ2n) is 13.9. The van der Waals surface area contributed by atoms with Gasteiger partial charge in [-0.3, -0.25) is 14.5 Å². The van der Waals surface area contributed by atoms with E-state index in [-0.39, 0.29) is 47.8 Å². The van der Waals surface area contributed by atoms with Crippen molar-refractivity contribution in [2.75, 3.05) is 33.6 Å². The number of amides is 3. The lowest BCUT2D eigenvalue weighted by atomic mass is 9.75. The molecular weight excluding hydrogens is 655 g/mol. The van der Waals surface area contributed by atoms with Crippen LogP contribution >= 0.6 is 0 Å². The number of ether oxygens (including phenoxy) is 3. The van der Waals surface area contributed by atoms with E-state index in [9.17, 15) is 22.8 Å². The van der Waals surface area contributed by atoms with Crippen molar-refractivity contribution in [1.29, 1.82) is 0 Å². The van der Waals surface area contributed by atoms with Crippen LogP contribution in [0.1, 0.15) is 81.2 Å². The number of fused-ring (bicyclic) bond motifs is 1. The Kier molecular flexibility index (Phi) is 10.8. The van der Waals surface area contributed by atoms with Crippen molar-refractivity contribution in [3.8, 4) is 17.2 Å². The predicted molar refractivity (Wildman–Crippen MR) is 182 cm³/mol. The molecule has 0 N–H and O–H groups in total. The van der Waals surface area contributed by atoms with E-state index in [1.54, 1.807) is 23.1 Å². The average molecular weight is 701 g/mol. The summed E-state index contributed by atoms with van der Waals surface area (Å²) in [5, 5.41) is 0. The Labute approximate surface area is 288 Å². The molecular formula is C34H45BN2O11S. The molecule has 2 aromatic carbocycles. The van der Waals surface area contributed by atoms with E-state index in [0.717, 1.165) is 23.0 Å². The predicted octanol–water partition coefficient (Wildman–Crippen LogP) is 5.02. The van der Waals surface area contributed by atoms with Crippen LogP contribution in [-0.4, -0.2) is 93.6 Å². The molecule has 13 nitrogen and oxygen atoms in total. The van der Waals surface area contributed by atoms with Crippen molar-refractivity contribution in [2.24, 2.45) is 0 Å². The molecule has 266 valence electrons. The van der Waals surface area contributed by atoms with Gasteiger partial charge in [-0.15, -0.1) is 0 Å². The van der Waals surface area contributed by atoms with E-state index in [0.29, 0.717) is 30.2 Å². The summed E-state index contributed by atoms with van der Waals surface area (Å²) < 4.78 is 55.6. The van der Waals surface area contributed by atoms with Gasteiger partial charge in [0.05, 0.1) is 49.3 Å². The van der Waals surface area contributed by atoms with E-state index >= 15 is 0 Å². The summed E-state index contributed by atoms with van der Waals surface area (Å²) in [7, 11) is -1.17. The van der Waals surface area contributed by atoms with E-state index < -0.39 is 27.5 Å². The Balaban J connectivity index is 0.000000226. The number of hydrogen-bond donors (Lipinski definition) is 0. The largest absolute Gasteiger partial charge is 0.493 e. The third kappa shape index (κ3) is 8.75. The van der Waals surface area contributed by atoms with Gasteiger partial charge in [0.1, 0.15) is 5.60 Å². The van der Waals surface area contributed by atoms with E-state index in [4.69, 9.17) is 27.7 Å². The van der Waals surface area contributed by atoms with Gasteiger partial charge in [0, 0.05) is 13.1 Å². The Bertz CT molecular complexity index is 1730. The van der Waals surface area contributed by atoms with Crippen LogP contribution < -0.4 is 13.7 Å². The van der Waals surface area contributed by atoms with Crippen molar-refractivity contribution in [3.05, 3.63) is 64.6 Å². The van der Waals surface area contributed by atoms with Gasteiger partial charge >= 0.3 is 23.3 Å². The highest BCUT2D eigenvalue weighted by atomic mass is 32.2. The van der Waals surface area contributed by atoms with E-state index in [1.807, 2.05) is 54.5 Å². The summed E-state index contributed by atoms with van der Waals surface area (Å²) in [5.41, 5.74) is 0.662. The highest BCUT2D eigenvalue weighted by Crippen LogP contribution is 2.39. The van der Waals surface area contributed by atoms with Crippen LogP contribution in [0.15, 0.2) is 47.9 Å². The molecule has 0 atom stereocenters. The van der Waals surface area contributed by atoms with Crippen molar-refractivity contribution < 1.29 is 50.5 Å². The molecule has 3 amide bonds. The Morgan fingerprint density at radius 2 is 1.57 bits per heavy atom. The first kappa shape index (κ1) is 37.7. The molecule has 3 aliphatic heterocycles. The van der Waals surface area contributed by atoms with Crippen LogP contribution in [0.25, 0.3) is 0 Å². The standard InChI is InChI=1S/C18H17NO7S.C16H28BNO4/c1-24-13-8-7-11(9-15(13)25-2)10-19-17(20)12-5-4-6-14(16(12)18(19)21)26-27(3,22)23;1-14(2,3)20-13(19)18-10-8-12(9-11-18)17-21-15(4,5)16(6,7)22-17/h4-9H,10H2,1-3H3;8H,9-11H2,1-7H3. The minimum Gasteiger partial charge on any atom is -0.493 e. The SMILES string of the molecule is CC(C)(C)OC(=O)N1CC=C(B2OC(C)(C)C(C)(C)O2)CC1.COc1ccc(CN2C(=O)c3cccc(OS(C)(=O)=O)c3C2=O)cc1OC. The molecule has 5 rings (SSSR count). The van der Waals surface area contributed by atoms with Gasteiger partial charge < -0.3 is 32.6 Å². The van der Waals surface area contributed by atoms with E-state index in [2.05, 4.69) is 0 Å². The lowest BCUT2D eigenvalue weighted by Gasteiger charge is -2.32. The van der Waals surface area contributed by atoms with Crippen LogP contribution in [0, 0.1) is 0 Å². The lowest BCUT2D eigenvalue weighted by Crippen LogP contribution is -2.41. The second kappa shape index (κ2) is 14.0. The number of imide groups is 1. The molecule has 49 heavy (non-hydrogen) atoms. The van der Waals surface area contributed by atoms with Gasteiger partial charge in [0.2, 0.25) is 0 Å². The Morgan fingerprint density at radius 3 is 2.10 bits per heavy atom. The molecule has 3 heterocycles. The summed E-state index contributed by atoms with van der Waals surface area (Å²) in [6.45, 7) is 15.0. The number of hydrogen-bond acceptors (Lipinski definition) is 11. The van der Waals surface area contributed by atoms with Crippen molar-refractivity contribution >= 4 is 35.1 Å². The van der Waals surface area contributed by atoms with Crippen LogP contribution in [0.4, 0.5) is 4.79 Å². The van der Waals surface area contributed by atoms with Crippen LogP contribution in [0.5, 0.6) is 17.2 Å². The molecule has 0 radical (unpaired) electrons. The van der Waals surface area contributed by atoms with Gasteiger partial charge in [0.25, 0.3) is 11.8 Å². The van der Waals surface area contributed by atoms with E-state index in [1.165, 1.54) is 32.4 Å². The fraction of sp³-hybridized carbons (Fsp3) is 0.500. The maximum atomic E-state index is 12.8. The number of nitrogens with zero attached hydrogens (tertiary/aromatic N) is 2. The Morgan fingerprint density at radius 1 is 0.939 bits per heavy atom. The third-order valence-electron chi connectivity index (χ3n) is 8.44. The molecule has 0 unspecified atom stereocenters. The van der Waals surface area contributed by atoms with Crippen molar-refractivity contribution in [1.82, 2.24) is 9.80 Å². The molecule has 0 spiro atoms. The van der Waals surface area contributed by atoms with Gasteiger partial charge in [-0.2, -0.15) is 8.42 Å². The summed E-state index contributed by atoms with van der Waals surface area (Å²) in [4.78, 5) is 40.2. The summed E-state index contributed by atoms with van der Waals surface area (Å²) in [6, 6.07) is 9.30. The van der Waals surface area contributed by atoms with Gasteiger partial charge in [-0.25, -0.2) is 4.79 Å². The second-order valence-corrected chi connectivity index (χ2v) is 15.5. The number of carbonyl (C=O) groups is 3. The minimum absolute atomic E-state index is 0.00891. The van der Waals surface area contributed by atoms with Crippen LogP contribution in [0.3, 0.4) is 0 Å². The zero-order chi connectivity index (χ0) is 36.5. The first-order chi connectivity index (χ1) is 22.7. The third-order valence-corrected chi connectivity index (χ3v) is 8.92. The first-order valence-corrected chi connectivity index (χ1v) is 17.6. The summed E-state index contributed by atoms with van der Waals surface area (Å²) in [5.74, 6) is -0.323. The Hall–Kier alpha value is -4.08. The zero-order valence-electron chi connectivity index (χ0n) is 29.7. The van der Waals surface area contributed by atoms with Crippen molar-refractivity contribution in [2.45, 2.75) is 78.2 Å². The maximum absolute atomic E-state index is 12.8. The van der Waals surface area contributed by atoms with Gasteiger partial charge in [-0.05, 0) is 90.2 Å². The molecule has 0 bridgehead atoms. The van der Waals surface area contributed by atoms with Crippen LogP contribution in [-0.2, 0) is 30.7 Å². The highest BCUT2D eigenvalue weighted by Gasteiger charge is 2.52. The topological polar surface area (TPSA) is 147 Å². The molecule has 1 fully saturated rings. The maximum Gasteiger partial charge on any atom is 0.490 e. The molecule has 0 saturated carbocycles. The quantitative estimate of drug-likeness (QED) is 0.218. The highest BCUT2D eigenvalue weighted by molar-refractivity contribution is 7.86. The molecule has 0 aliphatic carbocycles. The molecule has 2 aromatic rings.